The Labute approximate surface area is 229 Å². The molecule has 0 bridgehead atoms. The van der Waals surface area contributed by atoms with Gasteiger partial charge in [-0.25, -0.2) is 4.79 Å². The van der Waals surface area contributed by atoms with Crippen molar-refractivity contribution in [1.82, 2.24) is 9.78 Å². The molecule has 2 heterocycles. The summed E-state index contributed by atoms with van der Waals surface area (Å²) in [6.45, 7) is 1.61. The Kier molecular flexibility index (Phi) is 8.24. The third kappa shape index (κ3) is 5.83. The second kappa shape index (κ2) is 11.6. The fourth-order valence-electron chi connectivity index (χ4n) is 3.74. The molecule has 0 radical (unpaired) electrons. The summed E-state index contributed by atoms with van der Waals surface area (Å²) in [5.74, 6) is -0.424. The average Bonchev–Trinajstić information content (AvgIpc) is 3.35. The number of rotatable bonds is 8. The highest BCUT2D eigenvalue weighted by Gasteiger charge is 2.30. The number of carbonyl (C=O) groups excluding carboxylic acids is 2. The molecule has 0 fully saturated rings. The molecule has 208 valence electrons. The number of nitrogens with one attached hydrogen (secondary N) is 1. The minimum Gasteiger partial charge on any atom is -0.493 e. The first-order chi connectivity index (χ1) is 19.1. The van der Waals surface area contributed by atoms with Gasteiger partial charge in [-0.05, 0) is 55.0 Å². The number of thiophene rings is 1. The summed E-state index contributed by atoms with van der Waals surface area (Å²) in [6.07, 6.45) is -1.81. The van der Waals surface area contributed by atoms with E-state index in [-0.39, 0.29) is 33.8 Å². The highest BCUT2D eigenvalue weighted by Crippen LogP contribution is 2.32. The zero-order chi connectivity index (χ0) is 29.0. The molecule has 0 aliphatic rings. The minimum absolute atomic E-state index is 0.0118. The molecule has 4 aromatic rings. The lowest BCUT2D eigenvalue weighted by atomic mass is 10.2. The van der Waals surface area contributed by atoms with E-state index in [0.717, 1.165) is 40.3 Å². The first kappa shape index (κ1) is 28.4. The standard InChI is InChI=1S/C27H22F3N3O6S/c1-4-39-26(36)23-18-14-40-24(31-21(34)12-6-15-5-11-19(37-2)20(13-15)38-3)22(18)25(35)33(32-23)17-9-7-16(8-10-17)27(28,29)30/h5-14H,4H2,1-3H3,(H,31,34). The van der Waals surface area contributed by atoms with Crippen molar-refractivity contribution in [3.8, 4) is 17.2 Å². The molecule has 0 aliphatic heterocycles. The van der Waals surface area contributed by atoms with Crippen molar-refractivity contribution in [3.63, 3.8) is 0 Å². The van der Waals surface area contributed by atoms with Crippen LogP contribution in [0.15, 0.2) is 58.7 Å². The number of alkyl halides is 3. The molecule has 0 atom stereocenters. The van der Waals surface area contributed by atoms with Crippen LogP contribution in [0.3, 0.4) is 0 Å². The van der Waals surface area contributed by atoms with Gasteiger partial charge in [0.1, 0.15) is 5.00 Å². The predicted octanol–water partition coefficient (Wildman–Crippen LogP) is 5.31. The molecule has 0 saturated carbocycles. The topological polar surface area (TPSA) is 109 Å². The van der Waals surface area contributed by atoms with Gasteiger partial charge in [-0.2, -0.15) is 23.0 Å². The number of halogens is 3. The normalized spacial score (nSPS) is 11.6. The summed E-state index contributed by atoms with van der Waals surface area (Å²) < 4.78 is 55.4. The molecular weight excluding hydrogens is 551 g/mol. The van der Waals surface area contributed by atoms with Crippen LogP contribution in [0.5, 0.6) is 11.5 Å². The number of anilines is 1. The van der Waals surface area contributed by atoms with Gasteiger partial charge < -0.3 is 19.5 Å². The number of hydrogen-bond acceptors (Lipinski definition) is 8. The van der Waals surface area contributed by atoms with Gasteiger partial charge in [-0.3, -0.25) is 9.59 Å². The number of ether oxygens (including phenoxy) is 3. The Bertz CT molecular complexity index is 1660. The number of hydrogen-bond donors (Lipinski definition) is 1. The van der Waals surface area contributed by atoms with Crippen molar-refractivity contribution in [2.45, 2.75) is 13.1 Å². The van der Waals surface area contributed by atoms with Crippen LogP contribution in [0.2, 0.25) is 0 Å². The molecule has 40 heavy (non-hydrogen) atoms. The quantitative estimate of drug-likeness (QED) is 0.225. The van der Waals surface area contributed by atoms with Crippen LogP contribution >= 0.6 is 11.3 Å². The van der Waals surface area contributed by atoms with E-state index in [1.807, 2.05) is 0 Å². The maximum Gasteiger partial charge on any atom is 0.416 e. The Balaban J connectivity index is 1.73. The first-order valence-electron chi connectivity index (χ1n) is 11.7. The molecule has 0 spiro atoms. The van der Waals surface area contributed by atoms with Crippen molar-refractivity contribution in [2.24, 2.45) is 0 Å². The van der Waals surface area contributed by atoms with Crippen molar-refractivity contribution in [3.05, 3.63) is 81.1 Å². The lowest BCUT2D eigenvalue weighted by Gasteiger charge is -2.11. The monoisotopic (exact) mass is 573 g/mol. The zero-order valence-corrected chi connectivity index (χ0v) is 22.2. The number of aromatic nitrogens is 2. The lowest BCUT2D eigenvalue weighted by Crippen LogP contribution is -2.25. The van der Waals surface area contributed by atoms with Crippen LogP contribution in [0.4, 0.5) is 18.2 Å². The van der Waals surface area contributed by atoms with Crippen molar-refractivity contribution < 1.29 is 37.0 Å². The van der Waals surface area contributed by atoms with Crippen LogP contribution in [-0.2, 0) is 15.7 Å². The van der Waals surface area contributed by atoms with Crippen LogP contribution < -0.4 is 20.3 Å². The Morgan fingerprint density at radius 2 is 1.77 bits per heavy atom. The predicted molar refractivity (Wildman–Crippen MR) is 143 cm³/mol. The average molecular weight is 574 g/mol. The van der Waals surface area contributed by atoms with E-state index in [1.165, 1.54) is 31.8 Å². The van der Waals surface area contributed by atoms with Gasteiger partial charge in [0.15, 0.2) is 17.2 Å². The minimum atomic E-state index is -4.58. The van der Waals surface area contributed by atoms with Crippen LogP contribution in [0, 0.1) is 0 Å². The van der Waals surface area contributed by atoms with Crippen LogP contribution in [-0.4, -0.2) is 42.5 Å². The van der Waals surface area contributed by atoms with Crippen molar-refractivity contribution >= 4 is 45.1 Å². The number of carbonyl (C=O) groups is 2. The third-order valence-electron chi connectivity index (χ3n) is 5.63. The van der Waals surface area contributed by atoms with E-state index in [1.54, 1.807) is 25.1 Å². The molecule has 1 N–H and O–H groups in total. The Morgan fingerprint density at radius 1 is 1.07 bits per heavy atom. The van der Waals surface area contributed by atoms with E-state index in [2.05, 4.69) is 10.4 Å². The Morgan fingerprint density at radius 3 is 2.40 bits per heavy atom. The van der Waals surface area contributed by atoms with Gasteiger partial charge in [-0.15, -0.1) is 11.3 Å². The van der Waals surface area contributed by atoms with E-state index < -0.39 is 29.2 Å². The molecule has 9 nitrogen and oxygen atoms in total. The molecule has 0 aliphatic carbocycles. The van der Waals surface area contributed by atoms with E-state index in [9.17, 15) is 27.6 Å². The largest absolute Gasteiger partial charge is 0.493 e. The molecule has 0 saturated heterocycles. The smallest absolute Gasteiger partial charge is 0.416 e. The summed E-state index contributed by atoms with van der Waals surface area (Å²) >= 11 is 0.985. The number of benzene rings is 2. The van der Waals surface area contributed by atoms with Gasteiger partial charge in [0.05, 0.1) is 37.5 Å². The number of nitrogens with zero attached hydrogens (tertiary/aromatic N) is 2. The molecule has 2 aromatic carbocycles. The fraction of sp³-hybridized carbons (Fsp3) is 0.185. The maximum atomic E-state index is 13.5. The highest BCUT2D eigenvalue weighted by atomic mass is 32.1. The zero-order valence-electron chi connectivity index (χ0n) is 21.4. The summed E-state index contributed by atoms with van der Waals surface area (Å²) in [7, 11) is 2.98. The van der Waals surface area contributed by atoms with Crippen molar-refractivity contribution in [2.75, 3.05) is 26.1 Å². The first-order valence-corrected chi connectivity index (χ1v) is 12.6. The fourth-order valence-corrected chi connectivity index (χ4v) is 4.68. The third-order valence-corrected chi connectivity index (χ3v) is 6.53. The highest BCUT2D eigenvalue weighted by molar-refractivity contribution is 7.16. The molecule has 2 aromatic heterocycles. The van der Waals surface area contributed by atoms with E-state index in [4.69, 9.17) is 14.2 Å². The van der Waals surface area contributed by atoms with Crippen molar-refractivity contribution in [1.29, 1.82) is 0 Å². The maximum absolute atomic E-state index is 13.5. The molecular formula is C27H22F3N3O6S. The molecule has 13 heteroatoms. The molecule has 0 unspecified atom stereocenters. The molecule has 4 rings (SSSR count). The summed E-state index contributed by atoms with van der Waals surface area (Å²) in [4.78, 5) is 38.9. The van der Waals surface area contributed by atoms with Crippen LogP contribution in [0.25, 0.3) is 22.5 Å². The van der Waals surface area contributed by atoms with Gasteiger partial charge in [-0.1, -0.05) is 6.07 Å². The van der Waals surface area contributed by atoms with Crippen LogP contribution in [0.1, 0.15) is 28.5 Å². The van der Waals surface area contributed by atoms with Gasteiger partial charge in [0.2, 0.25) is 5.91 Å². The summed E-state index contributed by atoms with van der Waals surface area (Å²) in [5, 5.41) is 8.40. The summed E-state index contributed by atoms with van der Waals surface area (Å²) in [6, 6.07) is 8.79. The second-order valence-corrected chi connectivity index (χ2v) is 9.00. The van der Waals surface area contributed by atoms with Gasteiger partial charge in [0.25, 0.3) is 5.56 Å². The second-order valence-electron chi connectivity index (χ2n) is 8.12. The van der Waals surface area contributed by atoms with Gasteiger partial charge in [0, 0.05) is 16.8 Å². The summed E-state index contributed by atoms with van der Waals surface area (Å²) in [5.41, 5.74) is -1.26. The molecule has 1 amide bonds. The SMILES string of the molecule is CCOC(=O)c1nn(-c2ccc(C(F)(F)F)cc2)c(=O)c2c(NC(=O)C=Cc3ccc(OC)c(OC)c3)scc12. The number of methoxy groups -OCH3 is 2. The number of esters is 1. The van der Waals surface area contributed by atoms with E-state index >= 15 is 0 Å². The Hall–Kier alpha value is -4.65. The lowest BCUT2D eigenvalue weighted by molar-refractivity contribution is -0.137. The number of amides is 1. The van der Waals surface area contributed by atoms with E-state index in [0.29, 0.717) is 17.1 Å². The number of fused-ring (bicyclic) bond motifs is 1. The van der Waals surface area contributed by atoms with Gasteiger partial charge >= 0.3 is 12.1 Å².